The standard InChI is InChI=1S/C20H26FN7O4/c1-11(2)31-19-7-17(27-28-19)24-16-6-18(32-14(9-29)10-30)26-20(25-16)23-12(3)15-5-4-13(21)8-22-15/h4-8,11-12,14,29-30H,9-10H2,1-3H3,(H3,23,24,25,26,27,28)/t12-/m0/s1. The van der Waals surface area contributed by atoms with Crippen LogP contribution in [-0.2, 0) is 0 Å². The zero-order chi connectivity index (χ0) is 23.1. The molecule has 0 fully saturated rings. The Balaban J connectivity index is 1.83. The number of hydrogen-bond acceptors (Lipinski definition) is 10. The first-order valence-corrected chi connectivity index (χ1v) is 10.0. The molecule has 172 valence electrons. The van der Waals surface area contributed by atoms with E-state index in [4.69, 9.17) is 9.47 Å². The van der Waals surface area contributed by atoms with Crippen molar-refractivity contribution in [2.24, 2.45) is 0 Å². The monoisotopic (exact) mass is 447 g/mol. The fourth-order valence-corrected chi connectivity index (χ4v) is 2.64. The number of aromatic nitrogens is 5. The topological polar surface area (TPSA) is 150 Å². The molecule has 3 heterocycles. The zero-order valence-electron chi connectivity index (χ0n) is 17.9. The Labute approximate surface area is 184 Å². The van der Waals surface area contributed by atoms with Crippen molar-refractivity contribution < 1.29 is 24.1 Å². The Morgan fingerprint density at radius 3 is 2.50 bits per heavy atom. The molecule has 1 atom stereocenters. The van der Waals surface area contributed by atoms with Gasteiger partial charge >= 0.3 is 0 Å². The molecule has 0 unspecified atom stereocenters. The van der Waals surface area contributed by atoms with E-state index >= 15 is 0 Å². The Bertz CT molecular complexity index is 996. The number of aliphatic hydroxyl groups is 2. The molecule has 0 saturated carbocycles. The second-order valence-corrected chi connectivity index (χ2v) is 7.20. The highest BCUT2D eigenvalue weighted by molar-refractivity contribution is 5.56. The lowest BCUT2D eigenvalue weighted by Gasteiger charge is -2.17. The molecule has 0 bridgehead atoms. The van der Waals surface area contributed by atoms with Crippen molar-refractivity contribution in [3.63, 3.8) is 0 Å². The first-order chi connectivity index (χ1) is 15.4. The lowest BCUT2D eigenvalue weighted by molar-refractivity contribution is 0.0597. The SMILES string of the molecule is CC(C)Oc1cc(Nc2cc(OC(CO)CO)nc(N[C@@H](C)c3ccc(F)cn3)n2)[nH]n1. The highest BCUT2D eigenvalue weighted by atomic mass is 19.1. The third kappa shape index (κ3) is 6.49. The largest absolute Gasteiger partial charge is 0.474 e. The number of anilines is 3. The first-order valence-electron chi connectivity index (χ1n) is 10.0. The van der Waals surface area contributed by atoms with Gasteiger partial charge in [-0.1, -0.05) is 0 Å². The van der Waals surface area contributed by atoms with E-state index in [-0.39, 0.29) is 24.0 Å². The van der Waals surface area contributed by atoms with E-state index in [1.807, 2.05) is 20.8 Å². The lowest BCUT2D eigenvalue weighted by atomic mass is 10.2. The maximum absolute atomic E-state index is 13.2. The summed E-state index contributed by atoms with van der Waals surface area (Å²) in [5.41, 5.74) is 0.587. The van der Waals surface area contributed by atoms with Gasteiger partial charge in [0.1, 0.15) is 23.6 Å². The van der Waals surface area contributed by atoms with Crippen LogP contribution in [0.5, 0.6) is 11.8 Å². The van der Waals surface area contributed by atoms with Crippen molar-refractivity contribution in [3.05, 3.63) is 42.0 Å². The van der Waals surface area contributed by atoms with Crippen LogP contribution >= 0.6 is 0 Å². The maximum atomic E-state index is 13.2. The van der Waals surface area contributed by atoms with Crippen LogP contribution < -0.4 is 20.1 Å². The number of rotatable bonds is 11. The second-order valence-electron chi connectivity index (χ2n) is 7.20. The normalized spacial score (nSPS) is 12.1. The van der Waals surface area contributed by atoms with Crippen LogP contribution in [0.3, 0.4) is 0 Å². The fraction of sp³-hybridized carbons (Fsp3) is 0.400. The van der Waals surface area contributed by atoms with Gasteiger partial charge < -0.3 is 30.3 Å². The number of aliphatic hydroxyl groups excluding tert-OH is 2. The molecule has 11 nitrogen and oxygen atoms in total. The summed E-state index contributed by atoms with van der Waals surface area (Å²) in [6, 6.07) is 5.71. The third-order valence-corrected chi connectivity index (χ3v) is 4.11. The predicted octanol–water partition coefficient (Wildman–Crippen LogP) is 2.17. The van der Waals surface area contributed by atoms with Crippen LogP contribution in [0.4, 0.5) is 22.0 Å². The molecule has 32 heavy (non-hydrogen) atoms. The number of pyridine rings is 1. The van der Waals surface area contributed by atoms with Gasteiger partial charge in [0, 0.05) is 12.1 Å². The fourth-order valence-electron chi connectivity index (χ4n) is 2.64. The van der Waals surface area contributed by atoms with Crippen LogP contribution in [0.25, 0.3) is 0 Å². The Kier molecular flexibility index (Phi) is 7.73. The number of ether oxygens (including phenoxy) is 2. The number of nitrogens with zero attached hydrogens (tertiary/aromatic N) is 4. The van der Waals surface area contributed by atoms with Crippen molar-refractivity contribution in [3.8, 4) is 11.8 Å². The van der Waals surface area contributed by atoms with Gasteiger partial charge in [0.2, 0.25) is 17.7 Å². The van der Waals surface area contributed by atoms with E-state index < -0.39 is 25.1 Å². The molecule has 12 heteroatoms. The summed E-state index contributed by atoms with van der Waals surface area (Å²) in [4.78, 5) is 12.7. The van der Waals surface area contributed by atoms with Gasteiger partial charge in [-0.15, -0.1) is 5.10 Å². The first kappa shape index (κ1) is 23.2. The minimum atomic E-state index is -0.847. The molecular weight excluding hydrogens is 421 g/mol. The van der Waals surface area contributed by atoms with Gasteiger partial charge in [0.05, 0.1) is 37.3 Å². The molecule has 0 saturated heterocycles. The van der Waals surface area contributed by atoms with Crippen molar-refractivity contribution in [1.82, 2.24) is 25.1 Å². The van der Waals surface area contributed by atoms with Crippen LogP contribution in [0, 0.1) is 5.82 Å². The number of hydrogen-bond donors (Lipinski definition) is 5. The van der Waals surface area contributed by atoms with E-state index in [1.165, 1.54) is 12.1 Å². The third-order valence-electron chi connectivity index (χ3n) is 4.11. The Morgan fingerprint density at radius 2 is 1.84 bits per heavy atom. The van der Waals surface area contributed by atoms with E-state index in [2.05, 4.69) is 35.8 Å². The van der Waals surface area contributed by atoms with Gasteiger partial charge in [-0.2, -0.15) is 9.97 Å². The molecule has 3 aromatic heterocycles. The summed E-state index contributed by atoms with van der Waals surface area (Å²) in [7, 11) is 0. The van der Waals surface area contributed by atoms with Crippen LogP contribution in [0.15, 0.2) is 30.5 Å². The summed E-state index contributed by atoms with van der Waals surface area (Å²) in [5, 5.41) is 31.6. The summed E-state index contributed by atoms with van der Waals surface area (Å²) in [6.45, 7) is 4.82. The molecule has 0 aliphatic rings. The van der Waals surface area contributed by atoms with Crippen LogP contribution in [0.2, 0.25) is 0 Å². The van der Waals surface area contributed by atoms with Crippen molar-refractivity contribution >= 4 is 17.6 Å². The van der Waals surface area contributed by atoms with Crippen LogP contribution in [0.1, 0.15) is 32.5 Å². The lowest BCUT2D eigenvalue weighted by Crippen LogP contribution is -2.26. The summed E-state index contributed by atoms with van der Waals surface area (Å²) >= 11 is 0. The molecule has 3 rings (SSSR count). The Hall–Kier alpha value is -3.51. The van der Waals surface area contributed by atoms with E-state index in [0.717, 1.165) is 6.20 Å². The second kappa shape index (κ2) is 10.7. The summed E-state index contributed by atoms with van der Waals surface area (Å²) in [5.74, 6) is 1.17. The molecular formula is C20H26FN7O4. The van der Waals surface area contributed by atoms with Gasteiger partial charge in [-0.25, -0.2) is 4.39 Å². The smallest absolute Gasteiger partial charge is 0.234 e. The van der Waals surface area contributed by atoms with Gasteiger partial charge in [0.25, 0.3) is 0 Å². The van der Waals surface area contributed by atoms with Gasteiger partial charge in [-0.05, 0) is 32.9 Å². The molecule has 0 aliphatic carbocycles. The number of aromatic amines is 1. The molecule has 0 amide bonds. The molecule has 0 radical (unpaired) electrons. The number of H-pyrrole nitrogens is 1. The Morgan fingerprint density at radius 1 is 1.06 bits per heavy atom. The number of halogens is 1. The van der Waals surface area contributed by atoms with E-state index in [9.17, 15) is 14.6 Å². The van der Waals surface area contributed by atoms with Crippen molar-refractivity contribution in [2.45, 2.75) is 39.0 Å². The maximum Gasteiger partial charge on any atom is 0.234 e. The minimum absolute atomic E-state index is 0.0311. The molecule has 5 N–H and O–H groups in total. The average molecular weight is 447 g/mol. The zero-order valence-corrected chi connectivity index (χ0v) is 17.9. The summed E-state index contributed by atoms with van der Waals surface area (Å²) in [6.07, 6.45) is 0.250. The predicted molar refractivity (Wildman–Crippen MR) is 114 cm³/mol. The van der Waals surface area contributed by atoms with Crippen molar-refractivity contribution in [1.29, 1.82) is 0 Å². The van der Waals surface area contributed by atoms with Crippen LogP contribution in [-0.4, -0.2) is 60.8 Å². The molecule has 0 aliphatic heterocycles. The van der Waals surface area contributed by atoms with E-state index in [1.54, 1.807) is 12.1 Å². The summed E-state index contributed by atoms with van der Waals surface area (Å²) < 4.78 is 24.2. The highest BCUT2D eigenvalue weighted by Gasteiger charge is 2.15. The quantitative estimate of drug-likeness (QED) is 0.296. The molecule has 0 spiro atoms. The molecule has 3 aromatic rings. The number of nitrogens with one attached hydrogen (secondary N) is 3. The molecule has 0 aromatic carbocycles. The average Bonchev–Trinajstić information content (AvgIpc) is 3.18. The minimum Gasteiger partial charge on any atom is -0.474 e. The highest BCUT2D eigenvalue weighted by Crippen LogP contribution is 2.24. The van der Waals surface area contributed by atoms with Gasteiger partial charge in [-0.3, -0.25) is 10.1 Å². The van der Waals surface area contributed by atoms with E-state index in [0.29, 0.717) is 23.2 Å². The van der Waals surface area contributed by atoms with Gasteiger partial charge in [0.15, 0.2) is 0 Å². The van der Waals surface area contributed by atoms with Crippen molar-refractivity contribution in [2.75, 3.05) is 23.8 Å².